The van der Waals surface area contributed by atoms with Crippen molar-refractivity contribution in [2.24, 2.45) is 0 Å². The fourth-order valence-corrected chi connectivity index (χ4v) is 2.99. The minimum atomic E-state index is 0.363. The number of ether oxygens (including phenoxy) is 3. The summed E-state index contributed by atoms with van der Waals surface area (Å²) in [5, 5.41) is 0. The first-order chi connectivity index (χ1) is 10.1. The Morgan fingerprint density at radius 2 is 1.90 bits per heavy atom. The molecule has 4 nitrogen and oxygen atoms in total. The van der Waals surface area contributed by atoms with Gasteiger partial charge in [-0.25, -0.2) is 0 Å². The average molecular weight is 294 g/mol. The van der Waals surface area contributed by atoms with Gasteiger partial charge >= 0.3 is 0 Å². The zero-order valence-corrected chi connectivity index (χ0v) is 13.6. The highest BCUT2D eigenvalue weighted by molar-refractivity contribution is 5.42. The van der Waals surface area contributed by atoms with Crippen LogP contribution in [-0.2, 0) is 4.74 Å². The van der Waals surface area contributed by atoms with Gasteiger partial charge in [0.2, 0.25) is 0 Å². The average Bonchev–Trinajstić information content (AvgIpc) is 2.43. The minimum Gasteiger partial charge on any atom is -0.493 e. The zero-order valence-electron chi connectivity index (χ0n) is 13.6. The summed E-state index contributed by atoms with van der Waals surface area (Å²) in [4.78, 5) is 1.61. The summed E-state index contributed by atoms with van der Waals surface area (Å²) in [6.07, 6.45) is 1.77. The highest BCUT2D eigenvalue weighted by Gasteiger charge is 2.24. The van der Waals surface area contributed by atoms with Crippen molar-refractivity contribution < 1.29 is 19.1 Å². The summed E-state index contributed by atoms with van der Waals surface area (Å²) in [5.41, 5.74) is 1.18. The molecular weight excluding hydrogens is 266 g/mol. The Labute approximate surface area is 128 Å². The van der Waals surface area contributed by atoms with E-state index in [1.165, 1.54) is 5.56 Å². The van der Waals surface area contributed by atoms with E-state index >= 15 is 0 Å². The lowest BCUT2D eigenvalue weighted by atomic mass is 10.2. The van der Waals surface area contributed by atoms with Crippen LogP contribution >= 0.6 is 0 Å². The molecule has 1 aromatic rings. The van der Waals surface area contributed by atoms with Crippen LogP contribution in [0.5, 0.6) is 11.5 Å². The van der Waals surface area contributed by atoms with E-state index < -0.39 is 0 Å². The van der Waals surface area contributed by atoms with Gasteiger partial charge in [0.1, 0.15) is 25.3 Å². The standard InChI is InChI=1S/C17H27NO3/c1-13-6-7-16(17(10-13)19-4)20-9-5-8-18-11-14(2)21-15(3)12-18/h6-7,10,14-15H,5,8-9,11-12H2,1-4H3/p+1/t14-,15+. The molecule has 1 aliphatic rings. The molecule has 1 fully saturated rings. The highest BCUT2D eigenvalue weighted by atomic mass is 16.5. The van der Waals surface area contributed by atoms with Crippen LogP contribution in [-0.4, -0.2) is 45.6 Å². The van der Waals surface area contributed by atoms with Gasteiger partial charge in [-0.05, 0) is 38.5 Å². The fraction of sp³-hybridized carbons (Fsp3) is 0.647. The van der Waals surface area contributed by atoms with E-state index in [1.807, 2.05) is 12.1 Å². The molecule has 1 unspecified atom stereocenters. The molecule has 0 bridgehead atoms. The van der Waals surface area contributed by atoms with Gasteiger partial charge in [-0.1, -0.05) is 6.07 Å². The maximum Gasteiger partial charge on any atom is 0.161 e. The summed E-state index contributed by atoms with van der Waals surface area (Å²) < 4.78 is 17.0. The number of hydrogen-bond acceptors (Lipinski definition) is 3. The van der Waals surface area contributed by atoms with Crippen LogP contribution in [0.3, 0.4) is 0 Å². The summed E-state index contributed by atoms with van der Waals surface area (Å²) in [5.74, 6) is 1.65. The van der Waals surface area contributed by atoms with E-state index in [4.69, 9.17) is 14.2 Å². The molecule has 0 amide bonds. The van der Waals surface area contributed by atoms with Gasteiger partial charge in [0, 0.05) is 6.42 Å². The number of quaternary nitrogens is 1. The molecule has 1 aromatic carbocycles. The van der Waals surface area contributed by atoms with Crippen LogP contribution in [0.4, 0.5) is 0 Å². The van der Waals surface area contributed by atoms with Crippen molar-refractivity contribution in [1.82, 2.24) is 0 Å². The third kappa shape index (κ3) is 4.90. The van der Waals surface area contributed by atoms with Crippen molar-refractivity contribution in [3.63, 3.8) is 0 Å². The zero-order chi connectivity index (χ0) is 15.2. The molecule has 0 aliphatic carbocycles. The van der Waals surface area contributed by atoms with Crippen LogP contribution in [0.2, 0.25) is 0 Å². The van der Waals surface area contributed by atoms with Crippen LogP contribution in [0.25, 0.3) is 0 Å². The second-order valence-electron chi connectivity index (χ2n) is 6.02. The van der Waals surface area contributed by atoms with Gasteiger partial charge < -0.3 is 19.1 Å². The number of morpholine rings is 1. The van der Waals surface area contributed by atoms with Crippen molar-refractivity contribution >= 4 is 0 Å². The largest absolute Gasteiger partial charge is 0.493 e. The Hall–Kier alpha value is -1.26. The fourth-order valence-electron chi connectivity index (χ4n) is 2.99. The minimum absolute atomic E-state index is 0.363. The Kier molecular flexibility index (Phi) is 5.88. The highest BCUT2D eigenvalue weighted by Crippen LogP contribution is 2.27. The predicted octanol–water partition coefficient (Wildman–Crippen LogP) is 1.46. The van der Waals surface area contributed by atoms with Crippen LogP contribution < -0.4 is 14.4 Å². The molecule has 0 aromatic heterocycles. The number of benzene rings is 1. The van der Waals surface area contributed by atoms with Crippen molar-refractivity contribution in [3.8, 4) is 11.5 Å². The Bertz CT molecular complexity index is 440. The molecule has 118 valence electrons. The van der Waals surface area contributed by atoms with Gasteiger partial charge in [0.05, 0.1) is 20.3 Å². The molecular formula is C17H28NO3+. The predicted molar refractivity (Wildman–Crippen MR) is 83.4 cm³/mol. The monoisotopic (exact) mass is 294 g/mol. The Morgan fingerprint density at radius 1 is 1.19 bits per heavy atom. The molecule has 21 heavy (non-hydrogen) atoms. The molecule has 4 heteroatoms. The van der Waals surface area contributed by atoms with Crippen LogP contribution in [0.15, 0.2) is 18.2 Å². The maximum atomic E-state index is 5.86. The number of rotatable bonds is 6. The van der Waals surface area contributed by atoms with E-state index in [2.05, 4.69) is 26.8 Å². The molecule has 2 rings (SSSR count). The summed E-state index contributed by atoms with van der Waals surface area (Å²) >= 11 is 0. The molecule has 1 aliphatic heterocycles. The first-order valence-corrected chi connectivity index (χ1v) is 7.85. The number of nitrogens with one attached hydrogen (secondary N) is 1. The molecule has 0 spiro atoms. The van der Waals surface area contributed by atoms with Crippen molar-refractivity contribution in [1.29, 1.82) is 0 Å². The first kappa shape index (κ1) is 16.1. The normalized spacial score (nSPS) is 25.6. The van der Waals surface area contributed by atoms with Gasteiger partial charge in [-0.2, -0.15) is 0 Å². The quantitative estimate of drug-likeness (QED) is 0.806. The molecule has 0 radical (unpaired) electrons. The van der Waals surface area contributed by atoms with Gasteiger partial charge in [0.15, 0.2) is 11.5 Å². The van der Waals surface area contributed by atoms with Crippen molar-refractivity contribution in [3.05, 3.63) is 23.8 Å². The van der Waals surface area contributed by atoms with Crippen LogP contribution in [0, 0.1) is 6.92 Å². The van der Waals surface area contributed by atoms with Crippen molar-refractivity contribution in [2.45, 2.75) is 39.4 Å². The molecule has 1 saturated heterocycles. The third-order valence-electron chi connectivity index (χ3n) is 3.87. The number of aryl methyl sites for hydroxylation is 1. The summed E-state index contributed by atoms with van der Waals surface area (Å²) in [7, 11) is 1.68. The lowest BCUT2D eigenvalue weighted by molar-refractivity contribution is -0.915. The van der Waals surface area contributed by atoms with Crippen molar-refractivity contribution in [2.75, 3.05) is 33.4 Å². The summed E-state index contributed by atoms with van der Waals surface area (Å²) in [6, 6.07) is 6.04. The number of methoxy groups -OCH3 is 1. The molecule has 1 heterocycles. The SMILES string of the molecule is COc1cc(C)ccc1OCCC[NH+]1C[C@@H](C)O[C@@H](C)C1. The topological polar surface area (TPSA) is 32.1 Å². The lowest BCUT2D eigenvalue weighted by Gasteiger charge is -2.32. The van der Waals surface area contributed by atoms with E-state index in [9.17, 15) is 0 Å². The van der Waals surface area contributed by atoms with Gasteiger partial charge in [0.25, 0.3) is 0 Å². The molecule has 0 saturated carbocycles. The molecule has 3 atom stereocenters. The molecule has 1 N–H and O–H groups in total. The summed E-state index contributed by atoms with van der Waals surface area (Å²) in [6.45, 7) is 10.4. The van der Waals surface area contributed by atoms with E-state index in [-0.39, 0.29) is 0 Å². The van der Waals surface area contributed by atoms with Crippen LogP contribution in [0.1, 0.15) is 25.8 Å². The first-order valence-electron chi connectivity index (χ1n) is 7.85. The lowest BCUT2D eigenvalue weighted by Crippen LogP contribution is -3.15. The van der Waals surface area contributed by atoms with E-state index in [0.29, 0.717) is 12.2 Å². The van der Waals surface area contributed by atoms with Gasteiger partial charge in [-0.15, -0.1) is 0 Å². The second kappa shape index (κ2) is 7.66. The smallest absolute Gasteiger partial charge is 0.161 e. The number of hydrogen-bond donors (Lipinski definition) is 1. The van der Waals surface area contributed by atoms with Gasteiger partial charge in [-0.3, -0.25) is 0 Å². The van der Waals surface area contributed by atoms with E-state index in [1.54, 1.807) is 12.0 Å². The second-order valence-corrected chi connectivity index (χ2v) is 6.02. The Morgan fingerprint density at radius 3 is 2.57 bits per heavy atom. The third-order valence-corrected chi connectivity index (χ3v) is 3.87. The Balaban J connectivity index is 1.74. The van der Waals surface area contributed by atoms with E-state index in [0.717, 1.165) is 44.2 Å². The maximum absolute atomic E-state index is 5.86.